The van der Waals surface area contributed by atoms with Gasteiger partial charge in [0.25, 0.3) is 0 Å². The molecule has 1 aliphatic heterocycles. The molecule has 11 heteroatoms. The lowest BCUT2D eigenvalue weighted by molar-refractivity contribution is 0.384. The summed E-state index contributed by atoms with van der Waals surface area (Å²) in [5.41, 5.74) is 2.30. The first-order valence-corrected chi connectivity index (χ1v) is 12.9. The molecule has 3 heterocycles. The van der Waals surface area contributed by atoms with Crippen LogP contribution in [0.5, 0.6) is 0 Å². The maximum Gasteiger partial charge on any atom is 0.243 e. The van der Waals surface area contributed by atoms with Gasteiger partial charge in [-0.3, -0.25) is 0 Å². The molecule has 0 aliphatic carbocycles. The fourth-order valence-corrected chi connectivity index (χ4v) is 5.91. The Morgan fingerprint density at radius 2 is 1.59 bits per heavy atom. The molecule has 0 bridgehead atoms. The van der Waals surface area contributed by atoms with Gasteiger partial charge in [-0.05, 0) is 56.3 Å². The molecule has 0 radical (unpaired) electrons. The topological polar surface area (TPSA) is 84.2 Å². The van der Waals surface area contributed by atoms with Crippen molar-refractivity contribution in [3.8, 4) is 5.69 Å². The van der Waals surface area contributed by atoms with Crippen LogP contribution in [0.2, 0.25) is 10.0 Å². The van der Waals surface area contributed by atoms with E-state index in [0.717, 1.165) is 22.6 Å². The van der Waals surface area contributed by atoms with Crippen LogP contribution >= 0.6 is 23.2 Å². The summed E-state index contributed by atoms with van der Waals surface area (Å²) in [4.78, 5) is 11.7. The lowest BCUT2D eigenvalue weighted by atomic mass is 10.2. The Kier molecular flexibility index (Phi) is 5.97. The molecule has 1 aliphatic rings. The molecule has 176 valence electrons. The zero-order valence-corrected chi connectivity index (χ0v) is 20.9. The van der Waals surface area contributed by atoms with Gasteiger partial charge in [-0.2, -0.15) is 9.40 Å². The maximum absolute atomic E-state index is 13.1. The standard InChI is InChI=1S/C23H22Cl2N6O2S/c1-15-21-22(26-16(2)27-23(21)31(28-15)19-5-3-4-18(25)14-19)29-10-12-30(13-11-29)34(32,33)20-8-6-17(24)7-9-20/h3-9,14H,10-13H2,1-2H3. The number of piperazine rings is 1. The second-order valence-corrected chi connectivity index (χ2v) is 10.9. The first-order chi connectivity index (χ1) is 16.2. The van der Waals surface area contributed by atoms with Gasteiger partial charge in [0.15, 0.2) is 5.65 Å². The SMILES string of the molecule is Cc1nc(N2CCN(S(=O)(=O)c3ccc(Cl)cc3)CC2)c2c(C)nn(-c3cccc(Cl)c3)c2n1. The number of nitrogens with zero attached hydrogens (tertiary/aromatic N) is 6. The van der Waals surface area contributed by atoms with Crippen molar-refractivity contribution in [2.24, 2.45) is 0 Å². The number of aromatic nitrogens is 4. The lowest BCUT2D eigenvalue weighted by Gasteiger charge is -2.35. The molecule has 1 fully saturated rings. The zero-order chi connectivity index (χ0) is 24.0. The summed E-state index contributed by atoms with van der Waals surface area (Å²) in [6.07, 6.45) is 0. The third-order valence-corrected chi connectivity index (χ3v) is 8.24. The minimum Gasteiger partial charge on any atom is -0.353 e. The van der Waals surface area contributed by atoms with Gasteiger partial charge in [0.1, 0.15) is 11.6 Å². The fourth-order valence-electron chi connectivity index (χ4n) is 4.18. The molecule has 5 rings (SSSR count). The van der Waals surface area contributed by atoms with E-state index in [-0.39, 0.29) is 4.90 Å². The molecule has 8 nitrogen and oxygen atoms in total. The van der Waals surface area contributed by atoms with E-state index in [9.17, 15) is 8.42 Å². The van der Waals surface area contributed by atoms with Crippen LogP contribution in [0.15, 0.2) is 53.4 Å². The predicted octanol–water partition coefficient (Wildman–Crippen LogP) is 4.25. The van der Waals surface area contributed by atoms with Crippen LogP contribution in [0.25, 0.3) is 16.7 Å². The van der Waals surface area contributed by atoms with Crippen LogP contribution in [-0.4, -0.2) is 58.7 Å². The Balaban J connectivity index is 1.46. The molecule has 0 saturated carbocycles. The predicted molar refractivity (Wildman–Crippen MR) is 134 cm³/mol. The molecular formula is C23H22Cl2N6O2S. The summed E-state index contributed by atoms with van der Waals surface area (Å²) in [6, 6.07) is 13.7. The van der Waals surface area contributed by atoms with Gasteiger partial charge in [0.2, 0.25) is 10.0 Å². The highest BCUT2D eigenvalue weighted by molar-refractivity contribution is 7.89. The Bertz CT molecular complexity index is 1480. The average molecular weight is 517 g/mol. The molecule has 1 saturated heterocycles. The van der Waals surface area contributed by atoms with Crippen molar-refractivity contribution in [1.29, 1.82) is 0 Å². The zero-order valence-electron chi connectivity index (χ0n) is 18.6. The van der Waals surface area contributed by atoms with Crippen molar-refractivity contribution in [3.63, 3.8) is 0 Å². The highest BCUT2D eigenvalue weighted by atomic mass is 35.5. The van der Waals surface area contributed by atoms with Crippen molar-refractivity contribution >= 4 is 50.1 Å². The molecule has 4 aromatic rings. The van der Waals surface area contributed by atoms with Gasteiger partial charge < -0.3 is 4.90 Å². The van der Waals surface area contributed by atoms with Gasteiger partial charge in [0.05, 0.1) is 21.7 Å². The number of anilines is 1. The number of rotatable bonds is 4. The van der Waals surface area contributed by atoms with Crippen molar-refractivity contribution in [2.75, 3.05) is 31.1 Å². The van der Waals surface area contributed by atoms with E-state index in [2.05, 4.69) is 9.88 Å². The molecule has 34 heavy (non-hydrogen) atoms. The van der Waals surface area contributed by atoms with Gasteiger partial charge >= 0.3 is 0 Å². The molecule has 2 aromatic heterocycles. The van der Waals surface area contributed by atoms with Crippen LogP contribution < -0.4 is 4.90 Å². The normalized spacial score (nSPS) is 15.2. The smallest absolute Gasteiger partial charge is 0.243 e. The van der Waals surface area contributed by atoms with Crippen LogP contribution in [0.1, 0.15) is 11.5 Å². The average Bonchev–Trinajstić information content (AvgIpc) is 3.15. The number of hydrogen-bond donors (Lipinski definition) is 0. The van der Waals surface area contributed by atoms with Gasteiger partial charge in [-0.1, -0.05) is 29.3 Å². The van der Waals surface area contributed by atoms with Gasteiger partial charge in [0, 0.05) is 36.2 Å². The van der Waals surface area contributed by atoms with E-state index in [1.165, 1.54) is 16.4 Å². The van der Waals surface area contributed by atoms with Crippen LogP contribution in [-0.2, 0) is 10.0 Å². The molecule has 0 spiro atoms. The van der Waals surface area contributed by atoms with E-state index in [0.29, 0.717) is 47.7 Å². The fraction of sp³-hybridized carbons (Fsp3) is 0.261. The highest BCUT2D eigenvalue weighted by Crippen LogP contribution is 2.31. The van der Waals surface area contributed by atoms with Crippen LogP contribution in [0, 0.1) is 13.8 Å². The van der Waals surface area contributed by atoms with E-state index in [1.54, 1.807) is 16.8 Å². The monoisotopic (exact) mass is 516 g/mol. The third-order valence-electron chi connectivity index (χ3n) is 5.84. The molecule has 2 aromatic carbocycles. The first kappa shape index (κ1) is 23.0. The number of sulfonamides is 1. The Morgan fingerprint density at radius 1 is 0.882 bits per heavy atom. The highest BCUT2D eigenvalue weighted by Gasteiger charge is 2.30. The summed E-state index contributed by atoms with van der Waals surface area (Å²) in [5.74, 6) is 1.37. The Hall–Kier alpha value is -2.72. The summed E-state index contributed by atoms with van der Waals surface area (Å²) in [7, 11) is -3.59. The summed E-state index contributed by atoms with van der Waals surface area (Å²) in [5, 5.41) is 6.67. The summed E-state index contributed by atoms with van der Waals surface area (Å²) in [6.45, 7) is 5.45. The minimum absolute atomic E-state index is 0.240. The van der Waals surface area contributed by atoms with E-state index in [1.807, 2.05) is 38.1 Å². The third kappa shape index (κ3) is 4.13. The second kappa shape index (κ2) is 8.81. The van der Waals surface area contributed by atoms with Crippen molar-refractivity contribution in [2.45, 2.75) is 18.7 Å². The second-order valence-electron chi connectivity index (χ2n) is 8.12. The van der Waals surface area contributed by atoms with E-state index >= 15 is 0 Å². The first-order valence-electron chi connectivity index (χ1n) is 10.7. The lowest BCUT2D eigenvalue weighted by Crippen LogP contribution is -2.49. The van der Waals surface area contributed by atoms with E-state index in [4.69, 9.17) is 33.3 Å². The van der Waals surface area contributed by atoms with Crippen LogP contribution in [0.3, 0.4) is 0 Å². The van der Waals surface area contributed by atoms with Crippen molar-refractivity contribution in [1.82, 2.24) is 24.1 Å². The van der Waals surface area contributed by atoms with Crippen molar-refractivity contribution < 1.29 is 8.42 Å². The summed E-state index contributed by atoms with van der Waals surface area (Å²) >= 11 is 12.1. The molecule has 0 atom stereocenters. The minimum atomic E-state index is -3.59. The van der Waals surface area contributed by atoms with Crippen molar-refractivity contribution in [3.05, 3.63) is 70.1 Å². The molecule has 0 unspecified atom stereocenters. The number of fused-ring (bicyclic) bond motifs is 1. The van der Waals surface area contributed by atoms with Gasteiger partial charge in [-0.25, -0.2) is 23.1 Å². The molecule has 0 amide bonds. The maximum atomic E-state index is 13.1. The Morgan fingerprint density at radius 3 is 2.26 bits per heavy atom. The summed E-state index contributed by atoms with van der Waals surface area (Å²) < 4.78 is 29.4. The Labute approximate surface area is 207 Å². The number of benzene rings is 2. The largest absolute Gasteiger partial charge is 0.353 e. The molecule has 0 N–H and O–H groups in total. The van der Waals surface area contributed by atoms with Crippen LogP contribution in [0.4, 0.5) is 5.82 Å². The molecular weight excluding hydrogens is 495 g/mol. The quantitative estimate of drug-likeness (QED) is 0.403. The number of aryl methyl sites for hydroxylation is 2. The van der Waals surface area contributed by atoms with Gasteiger partial charge in [-0.15, -0.1) is 0 Å². The number of halogens is 2. The number of hydrogen-bond acceptors (Lipinski definition) is 6. The van der Waals surface area contributed by atoms with E-state index < -0.39 is 10.0 Å².